The summed E-state index contributed by atoms with van der Waals surface area (Å²) in [6, 6.07) is 4.89. The van der Waals surface area contributed by atoms with Crippen molar-refractivity contribution in [1.82, 2.24) is 5.32 Å². The molecule has 25 heavy (non-hydrogen) atoms. The van der Waals surface area contributed by atoms with Crippen LogP contribution in [-0.2, 0) is 9.59 Å². The van der Waals surface area contributed by atoms with Crippen molar-refractivity contribution in [3.8, 4) is 0 Å². The van der Waals surface area contributed by atoms with E-state index in [0.717, 1.165) is 0 Å². The fraction of sp³-hybridized carbons (Fsp3) is 0.438. The average Bonchev–Trinajstić information content (AvgIpc) is 2.52. The van der Waals surface area contributed by atoms with Crippen molar-refractivity contribution in [2.45, 2.75) is 38.1 Å². The van der Waals surface area contributed by atoms with E-state index in [-0.39, 0.29) is 30.0 Å². The number of aliphatic hydroxyl groups is 2. The van der Waals surface area contributed by atoms with E-state index in [4.69, 9.17) is 0 Å². The number of benzene rings is 1. The van der Waals surface area contributed by atoms with Gasteiger partial charge in [-0.15, -0.1) is 0 Å². The molecule has 138 valence electrons. The first-order valence-electron chi connectivity index (χ1n) is 7.36. The van der Waals surface area contributed by atoms with Gasteiger partial charge in [-0.05, 0) is 12.0 Å². The molecule has 0 aromatic heterocycles. The SMILES string of the molecule is CC(=O)NCCC(O)C(O)c1ccc(C(=O)CC(=O)C(F)(F)F)cc1. The Hall–Kier alpha value is -2.26. The first kappa shape index (κ1) is 20.8. The average molecular weight is 361 g/mol. The van der Waals surface area contributed by atoms with Gasteiger partial charge in [0.25, 0.3) is 0 Å². The minimum absolute atomic E-state index is 0.0848. The second kappa shape index (κ2) is 8.72. The van der Waals surface area contributed by atoms with Gasteiger partial charge in [0, 0.05) is 19.0 Å². The summed E-state index contributed by atoms with van der Waals surface area (Å²) in [5.41, 5.74) is 0.135. The number of ketones is 2. The van der Waals surface area contributed by atoms with Gasteiger partial charge < -0.3 is 15.5 Å². The molecule has 2 unspecified atom stereocenters. The summed E-state index contributed by atoms with van der Waals surface area (Å²) >= 11 is 0. The van der Waals surface area contributed by atoms with E-state index in [1.54, 1.807) is 0 Å². The highest BCUT2D eigenvalue weighted by Crippen LogP contribution is 2.22. The van der Waals surface area contributed by atoms with Gasteiger partial charge in [0.1, 0.15) is 6.10 Å². The van der Waals surface area contributed by atoms with Crippen molar-refractivity contribution in [3.63, 3.8) is 0 Å². The maximum Gasteiger partial charge on any atom is 0.450 e. The Bertz CT molecular complexity index is 628. The number of carbonyl (C=O) groups excluding carboxylic acids is 3. The van der Waals surface area contributed by atoms with Crippen LogP contribution in [0.25, 0.3) is 0 Å². The second-order valence-electron chi connectivity index (χ2n) is 5.43. The van der Waals surface area contributed by atoms with Crippen LogP contribution in [0, 0.1) is 0 Å². The molecule has 1 rings (SSSR count). The van der Waals surface area contributed by atoms with Gasteiger partial charge in [-0.25, -0.2) is 0 Å². The molecule has 0 aliphatic heterocycles. The smallest absolute Gasteiger partial charge is 0.390 e. The van der Waals surface area contributed by atoms with Crippen LogP contribution < -0.4 is 5.32 Å². The number of nitrogens with one attached hydrogen (secondary N) is 1. The number of aliphatic hydroxyl groups excluding tert-OH is 2. The lowest BCUT2D eigenvalue weighted by Crippen LogP contribution is -2.27. The van der Waals surface area contributed by atoms with Crippen molar-refractivity contribution in [2.24, 2.45) is 0 Å². The summed E-state index contributed by atoms with van der Waals surface area (Å²) in [5, 5.41) is 22.3. The highest BCUT2D eigenvalue weighted by Gasteiger charge is 2.39. The molecule has 0 bridgehead atoms. The van der Waals surface area contributed by atoms with Gasteiger partial charge in [-0.2, -0.15) is 13.2 Å². The van der Waals surface area contributed by atoms with Gasteiger partial charge in [0.15, 0.2) is 5.78 Å². The molecular formula is C16H18F3NO5. The third-order valence-electron chi connectivity index (χ3n) is 3.39. The van der Waals surface area contributed by atoms with E-state index >= 15 is 0 Å². The fourth-order valence-corrected chi connectivity index (χ4v) is 1.99. The monoisotopic (exact) mass is 361 g/mol. The third kappa shape index (κ3) is 6.63. The van der Waals surface area contributed by atoms with E-state index in [1.165, 1.54) is 31.2 Å². The molecule has 0 spiro atoms. The Morgan fingerprint density at radius 1 is 1.12 bits per heavy atom. The molecule has 0 fully saturated rings. The van der Waals surface area contributed by atoms with Crippen LogP contribution in [0.4, 0.5) is 13.2 Å². The predicted octanol–water partition coefficient (Wildman–Crippen LogP) is 1.31. The first-order chi connectivity index (χ1) is 11.5. The van der Waals surface area contributed by atoms with Crippen molar-refractivity contribution in [2.75, 3.05) is 6.54 Å². The van der Waals surface area contributed by atoms with Crippen LogP contribution in [0.3, 0.4) is 0 Å². The summed E-state index contributed by atoms with van der Waals surface area (Å²) in [6.07, 6.45) is -8.74. The Morgan fingerprint density at radius 3 is 2.16 bits per heavy atom. The van der Waals surface area contributed by atoms with Gasteiger partial charge in [-0.1, -0.05) is 24.3 Å². The van der Waals surface area contributed by atoms with E-state index in [1.807, 2.05) is 0 Å². The molecule has 2 atom stereocenters. The molecule has 0 aliphatic carbocycles. The van der Waals surface area contributed by atoms with Crippen LogP contribution in [0.1, 0.15) is 41.8 Å². The predicted molar refractivity (Wildman–Crippen MR) is 80.7 cm³/mol. The topological polar surface area (TPSA) is 104 Å². The molecule has 6 nitrogen and oxygen atoms in total. The van der Waals surface area contributed by atoms with Crippen molar-refractivity contribution in [1.29, 1.82) is 0 Å². The molecule has 0 radical (unpaired) electrons. The van der Waals surface area contributed by atoms with Gasteiger partial charge >= 0.3 is 6.18 Å². The number of Topliss-reactive ketones (excluding diaryl/α,β-unsaturated/α-hetero) is 2. The zero-order valence-electron chi connectivity index (χ0n) is 13.3. The highest BCUT2D eigenvalue weighted by molar-refractivity contribution is 6.09. The van der Waals surface area contributed by atoms with Crippen molar-refractivity contribution in [3.05, 3.63) is 35.4 Å². The number of hydrogen-bond acceptors (Lipinski definition) is 5. The second-order valence-corrected chi connectivity index (χ2v) is 5.43. The largest absolute Gasteiger partial charge is 0.450 e. The number of amides is 1. The maximum atomic E-state index is 12.1. The number of halogens is 3. The summed E-state index contributed by atoms with van der Waals surface area (Å²) in [7, 11) is 0. The lowest BCUT2D eigenvalue weighted by atomic mass is 9.98. The molecular weight excluding hydrogens is 343 g/mol. The minimum Gasteiger partial charge on any atom is -0.390 e. The van der Waals surface area contributed by atoms with E-state index in [2.05, 4.69) is 5.32 Å². The van der Waals surface area contributed by atoms with Crippen LogP contribution in [0.2, 0.25) is 0 Å². The van der Waals surface area contributed by atoms with Crippen LogP contribution in [0.5, 0.6) is 0 Å². The van der Waals surface area contributed by atoms with Gasteiger partial charge in [-0.3, -0.25) is 14.4 Å². The summed E-state index contributed by atoms with van der Waals surface area (Å²) in [4.78, 5) is 33.2. The zero-order chi connectivity index (χ0) is 19.2. The number of rotatable bonds is 8. The van der Waals surface area contributed by atoms with E-state index < -0.39 is 36.4 Å². The maximum absolute atomic E-state index is 12.1. The van der Waals surface area contributed by atoms with Crippen LogP contribution >= 0.6 is 0 Å². The van der Waals surface area contributed by atoms with E-state index in [0.29, 0.717) is 0 Å². The van der Waals surface area contributed by atoms with Crippen molar-refractivity contribution >= 4 is 17.5 Å². The summed E-state index contributed by atoms with van der Waals surface area (Å²) in [5.74, 6) is -3.40. The molecule has 0 heterocycles. The molecule has 0 aliphatic rings. The fourth-order valence-electron chi connectivity index (χ4n) is 1.99. The zero-order valence-corrected chi connectivity index (χ0v) is 13.3. The van der Waals surface area contributed by atoms with Gasteiger partial charge in [0.05, 0.1) is 12.5 Å². The number of hydrogen-bond donors (Lipinski definition) is 3. The lowest BCUT2D eigenvalue weighted by molar-refractivity contribution is -0.170. The van der Waals surface area contributed by atoms with Gasteiger partial charge in [0.2, 0.25) is 11.7 Å². The summed E-state index contributed by atoms with van der Waals surface area (Å²) in [6.45, 7) is 1.46. The molecule has 9 heteroatoms. The Labute approximate surface area is 141 Å². The molecule has 0 saturated heterocycles. The lowest BCUT2D eigenvalue weighted by Gasteiger charge is -2.18. The first-order valence-corrected chi connectivity index (χ1v) is 7.36. The van der Waals surface area contributed by atoms with Crippen LogP contribution in [0.15, 0.2) is 24.3 Å². The molecule has 3 N–H and O–H groups in total. The normalized spacial score (nSPS) is 13.8. The Kier molecular flexibility index (Phi) is 7.25. The quantitative estimate of drug-likeness (QED) is 0.478. The van der Waals surface area contributed by atoms with E-state index in [9.17, 15) is 37.8 Å². The Morgan fingerprint density at radius 2 is 1.68 bits per heavy atom. The molecule has 0 saturated carbocycles. The Balaban J connectivity index is 2.67. The third-order valence-corrected chi connectivity index (χ3v) is 3.39. The number of carbonyl (C=O) groups is 3. The van der Waals surface area contributed by atoms with Crippen LogP contribution in [-0.4, -0.2) is 46.5 Å². The number of alkyl halides is 3. The minimum atomic E-state index is -5.07. The van der Waals surface area contributed by atoms with Crippen molar-refractivity contribution < 1.29 is 37.8 Å². The highest BCUT2D eigenvalue weighted by atomic mass is 19.4. The molecule has 1 aromatic carbocycles. The summed E-state index contributed by atoms with van der Waals surface area (Å²) < 4.78 is 36.4. The molecule has 1 amide bonds. The molecule has 1 aromatic rings. The standard InChI is InChI=1S/C16H18F3NO5/c1-9(21)20-7-6-12(22)15(25)11-4-2-10(3-5-11)13(23)8-14(24)16(17,18)19/h2-5,12,15,22,25H,6-8H2,1H3,(H,20,21).